The number of oxazole rings is 1. The first-order valence-electron chi connectivity index (χ1n) is 6.11. The van der Waals surface area contributed by atoms with Crippen LogP contribution in [0.2, 0.25) is 0 Å². The molecule has 0 atom stereocenters. The van der Waals surface area contributed by atoms with E-state index in [2.05, 4.69) is 15.1 Å². The molecule has 19 heavy (non-hydrogen) atoms. The van der Waals surface area contributed by atoms with Gasteiger partial charge < -0.3 is 14.7 Å². The summed E-state index contributed by atoms with van der Waals surface area (Å²) in [6.07, 6.45) is 0. The van der Waals surface area contributed by atoms with E-state index in [1.54, 1.807) is 0 Å². The van der Waals surface area contributed by atoms with Crippen LogP contribution in [0, 0.1) is 0 Å². The topological polar surface area (TPSA) is 91.0 Å². The Bertz CT molecular complexity index is 714. The highest BCUT2D eigenvalue weighted by Gasteiger charge is 2.12. The largest absolute Gasteiger partial charge is 0.440 e. The molecule has 0 aliphatic carbocycles. The van der Waals surface area contributed by atoms with Crippen molar-refractivity contribution >= 4 is 11.1 Å². The third-order valence-corrected chi connectivity index (χ3v) is 2.80. The lowest BCUT2D eigenvalue weighted by atomic mass is 10.2. The SMILES string of the molecule is CC(C)c1nc2cc(-c3noc(CN)n3)ccc2o1. The van der Waals surface area contributed by atoms with Crippen molar-refractivity contribution in [2.75, 3.05) is 0 Å². The van der Waals surface area contributed by atoms with Crippen molar-refractivity contribution in [3.63, 3.8) is 0 Å². The summed E-state index contributed by atoms with van der Waals surface area (Å²) in [7, 11) is 0. The summed E-state index contributed by atoms with van der Waals surface area (Å²) in [5.74, 6) is 1.90. The standard InChI is InChI=1S/C13H14N4O2/c1-7(2)13-15-9-5-8(3-4-10(9)18-13)12-16-11(6-14)19-17-12/h3-5,7H,6,14H2,1-2H3. The number of nitrogens with two attached hydrogens (primary N) is 1. The Morgan fingerprint density at radius 1 is 1.26 bits per heavy atom. The zero-order chi connectivity index (χ0) is 13.4. The highest BCUT2D eigenvalue weighted by Crippen LogP contribution is 2.25. The molecule has 2 aromatic heterocycles. The van der Waals surface area contributed by atoms with Crippen molar-refractivity contribution in [2.45, 2.75) is 26.3 Å². The van der Waals surface area contributed by atoms with Gasteiger partial charge in [0.15, 0.2) is 11.5 Å². The highest BCUT2D eigenvalue weighted by atomic mass is 16.5. The minimum atomic E-state index is 0.233. The summed E-state index contributed by atoms with van der Waals surface area (Å²) < 4.78 is 10.6. The predicted molar refractivity (Wildman–Crippen MR) is 69.3 cm³/mol. The summed E-state index contributed by atoms with van der Waals surface area (Å²) in [6.45, 7) is 4.31. The molecule has 0 unspecified atom stereocenters. The Labute approximate surface area is 109 Å². The van der Waals surface area contributed by atoms with Crippen molar-refractivity contribution in [1.29, 1.82) is 0 Å². The number of aromatic nitrogens is 3. The van der Waals surface area contributed by atoms with Crippen LogP contribution in [0.1, 0.15) is 31.5 Å². The van der Waals surface area contributed by atoms with Crippen LogP contribution >= 0.6 is 0 Å². The number of rotatable bonds is 3. The van der Waals surface area contributed by atoms with Gasteiger partial charge in [0.25, 0.3) is 0 Å². The molecular weight excluding hydrogens is 244 g/mol. The summed E-state index contributed by atoms with van der Waals surface area (Å²) in [5, 5.41) is 3.88. The van der Waals surface area contributed by atoms with Crippen LogP contribution in [0.3, 0.4) is 0 Å². The van der Waals surface area contributed by atoms with Gasteiger partial charge in [-0.2, -0.15) is 4.98 Å². The van der Waals surface area contributed by atoms with Crippen LogP contribution in [0.5, 0.6) is 0 Å². The molecule has 0 spiro atoms. The molecule has 0 saturated carbocycles. The van der Waals surface area contributed by atoms with Crippen LogP contribution in [0.15, 0.2) is 27.1 Å². The van der Waals surface area contributed by atoms with Crippen molar-refractivity contribution in [1.82, 2.24) is 15.1 Å². The zero-order valence-corrected chi connectivity index (χ0v) is 10.8. The van der Waals surface area contributed by atoms with Crippen molar-refractivity contribution in [2.24, 2.45) is 5.73 Å². The average molecular weight is 258 g/mol. The molecule has 0 fully saturated rings. The second-order valence-corrected chi connectivity index (χ2v) is 4.61. The number of benzene rings is 1. The van der Waals surface area contributed by atoms with Gasteiger partial charge >= 0.3 is 0 Å². The molecule has 6 heteroatoms. The van der Waals surface area contributed by atoms with E-state index in [9.17, 15) is 0 Å². The Morgan fingerprint density at radius 3 is 2.79 bits per heavy atom. The first kappa shape index (κ1) is 11.9. The molecule has 0 radical (unpaired) electrons. The first-order valence-corrected chi connectivity index (χ1v) is 6.11. The third-order valence-electron chi connectivity index (χ3n) is 2.80. The Morgan fingerprint density at radius 2 is 2.11 bits per heavy atom. The van der Waals surface area contributed by atoms with Crippen molar-refractivity contribution in [3.05, 3.63) is 30.0 Å². The van der Waals surface area contributed by atoms with E-state index in [1.165, 1.54) is 0 Å². The number of nitrogens with zero attached hydrogens (tertiary/aromatic N) is 3. The molecule has 2 N–H and O–H groups in total. The molecule has 0 saturated heterocycles. The van der Waals surface area contributed by atoms with E-state index in [-0.39, 0.29) is 12.5 Å². The molecule has 3 rings (SSSR count). The van der Waals surface area contributed by atoms with Gasteiger partial charge in [0.1, 0.15) is 5.52 Å². The fourth-order valence-corrected chi connectivity index (χ4v) is 1.79. The van der Waals surface area contributed by atoms with Gasteiger partial charge in [-0.25, -0.2) is 4.98 Å². The monoisotopic (exact) mass is 258 g/mol. The first-order chi connectivity index (χ1) is 9.17. The smallest absolute Gasteiger partial charge is 0.240 e. The van der Waals surface area contributed by atoms with Gasteiger partial charge in [-0.1, -0.05) is 19.0 Å². The Kier molecular flexibility index (Phi) is 2.79. The van der Waals surface area contributed by atoms with Gasteiger partial charge in [-0.3, -0.25) is 0 Å². The number of hydrogen-bond donors (Lipinski definition) is 1. The molecular formula is C13H14N4O2. The molecule has 0 bridgehead atoms. The van der Waals surface area contributed by atoms with Gasteiger partial charge in [-0.15, -0.1) is 0 Å². The number of fused-ring (bicyclic) bond motifs is 1. The van der Waals surface area contributed by atoms with Crippen LogP contribution in [-0.2, 0) is 6.54 Å². The summed E-state index contributed by atoms with van der Waals surface area (Å²) in [6, 6.07) is 5.63. The maximum Gasteiger partial charge on any atom is 0.240 e. The minimum Gasteiger partial charge on any atom is -0.440 e. The molecule has 0 aliphatic rings. The molecule has 6 nitrogen and oxygen atoms in total. The van der Waals surface area contributed by atoms with Gasteiger partial charge in [-0.05, 0) is 18.2 Å². The van der Waals surface area contributed by atoms with E-state index in [4.69, 9.17) is 14.7 Å². The second-order valence-electron chi connectivity index (χ2n) is 4.61. The van der Waals surface area contributed by atoms with E-state index in [0.717, 1.165) is 22.6 Å². The van der Waals surface area contributed by atoms with Crippen molar-refractivity contribution < 1.29 is 8.94 Å². The van der Waals surface area contributed by atoms with E-state index >= 15 is 0 Å². The van der Waals surface area contributed by atoms with Crippen LogP contribution in [0.25, 0.3) is 22.5 Å². The lowest BCUT2D eigenvalue weighted by molar-refractivity contribution is 0.380. The summed E-state index contributed by atoms with van der Waals surface area (Å²) >= 11 is 0. The van der Waals surface area contributed by atoms with Crippen LogP contribution in [0.4, 0.5) is 0 Å². The number of hydrogen-bond acceptors (Lipinski definition) is 6. The van der Waals surface area contributed by atoms with E-state index in [1.807, 2.05) is 32.0 Å². The summed E-state index contributed by atoms with van der Waals surface area (Å²) in [4.78, 5) is 8.63. The molecule has 98 valence electrons. The molecule has 2 heterocycles. The molecule has 0 amide bonds. The molecule has 0 aliphatic heterocycles. The Balaban J connectivity index is 2.05. The third kappa shape index (κ3) is 2.10. The summed E-state index contributed by atoms with van der Waals surface area (Å²) in [5.41, 5.74) is 7.83. The minimum absolute atomic E-state index is 0.233. The Hall–Kier alpha value is -2.21. The van der Waals surface area contributed by atoms with Crippen LogP contribution in [-0.4, -0.2) is 15.1 Å². The lowest BCUT2D eigenvalue weighted by Gasteiger charge is -1.93. The van der Waals surface area contributed by atoms with Gasteiger partial charge in [0.05, 0.1) is 6.54 Å². The molecule has 1 aromatic carbocycles. The molecule has 3 aromatic rings. The van der Waals surface area contributed by atoms with Gasteiger partial charge in [0, 0.05) is 11.5 Å². The van der Waals surface area contributed by atoms with E-state index < -0.39 is 0 Å². The van der Waals surface area contributed by atoms with Gasteiger partial charge in [0.2, 0.25) is 11.7 Å². The quantitative estimate of drug-likeness (QED) is 0.775. The second kappa shape index (κ2) is 4.47. The van der Waals surface area contributed by atoms with Crippen molar-refractivity contribution in [3.8, 4) is 11.4 Å². The van der Waals surface area contributed by atoms with Crippen LogP contribution < -0.4 is 5.73 Å². The fourth-order valence-electron chi connectivity index (χ4n) is 1.79. The van der Waals surface area contributed by atoms with E-state index in [0.29, 0.717) is 11.7 Å². The normalized spacial score (nSPS) is 11.6. The maximum atomic E-state index is 5.65. The fraction of sp³-hybridized carbons (Fsp3) is 0.308. The lowest BCUT2D eigenvalue weighted by Crippen LogP contribution is -1.95. The zero-order valence-electron chi connectivity index (χ0n) is 10.8. The predicted octanol–water partition coefficient (Wildman–Crippen LogP) is 2.46. The average Bonchev–Trinajstić information content (AvgIpc) is 3.04. The maximum absolute atomic E-state index is 5.65. The highest BCUT2D eigenvalue weighted by molar-refractivity contribution is 5.78.